The van der Waals surface area contributed by atoms with Crippen molar-refractivity contribution < 1.29 is 9.53 Å². The molecule has 1 aromatic rings. The molecule has 5 nitrogen and oxygen atoms in total. The van der Waals surface area contributed by atoms with Crippen molar-refractivity contribution in [3.8, 4) is 0 Å². The van der Waals surface area contributed by atoms with E-state index in [4.69, 9.17) is 10.5 Å². The van der Waals surface area contributed by atoms with Crippen LogP contribution in [0.4, 0.5) is 5.82 Å². The van der Waals surface area contributed by atoms with E-state index in [1.54, 1.807) is 6.20 Å². The third-order valence-corrected chi connectivity index (χ3v) is 5.95. The lowest BCUT2D eigenvalue weighted by Gasteiger charge is -2.60. The number of hydrogen-bond acceptors (Lipinski definition) is 4. The van der Waals surface area contributed by atoms with Crippen LogP contribution in [0, 0.1) is 18.3 Å². The number of aromatic nitrogens is 1. The van der Waals surface area contributed by atoms with Crippen molar-refractivity contribution in [2.75, 3.05) is 11.9 Å². The number of hydrogen-bond donors (Lipinski definition) is 2. The van der Waals surface area contributed by atoms with E-state index in [1.165, 1.54) is 0 Å². The van der Waals surface area contributed by atoms with Crippen LogP contribution in [0.15, 0.2) is 16.7 Å². The van der Waals surface area contributed by atoms with Gasteiger partial charge in [0.1, 0.15) is 11.4 Å². The van der Waals surface area contributed by atoms with E-state index >= 15 is 0 Å². The SMILES string of the molecule is Cc1cc(NC(=O)C2(N)C3CCOC3C2(C)C)ncc1Br. The van der Waals surface area contributed by atoms with E-state index in [0.717, 1.165) is 16.5 Å². The molecule has 21 heavy (non-hydrogen) atoms. The highest BCUT2D eigenvalue weighted by atomic mass is 79.9. The first-order chi connectivity index (χ1) is 9.78. The largest absolute Gasteiger partial charge is 0.377 e. The highest BCUT2D eigenvalue weighted by Gasteiger charge is 2.71. The van der Waals surface area contributed by atoms with E-state index in [9.17, 15) is 4.79 Å². The molecule has 0 radical (unpaired) electrons. The van der Waals surface area contributed by atoms with Gasteiger partial charge in [-0.15, -0.1) is 0 Å². The molecule has 1 saturated heterocycles. The van der Waals surface area contributed by atoms with Gasteiger partial charge in [0.2, 0.25) is 5.91 Å². The average Bonchev–Trinajstić information content (AvgIpc) is 2.90. The standard InChI is InChI=1S/C15H20BrN3O2/c1-8-6-11(18-7-10(8)16)19-13(20)15(17)9-4-5-21-12(9)14(15,2)3/h6-7,9,12H,4-5,17H2,1-3H3,(H,18,19,20). The summed E-state index contributed by atoms with van der Waals surface area (Å²) < 4.78 is 6.63. The Morgan fingerprint density at radius 1 is 1.57 bits per heavy atom. The summed E-state index contributed by atoms with van der Waals surface area (Å²) in [7, 11) is 0. The van der Waals surface area contributed by atoms with Crippen LogP contribution in [-0.2, 0) is 9.53 Å². The molecule has 2 fully saturated rings. The smallest absolute Gasteiger partial charge is 0.246 e. The molecule has 0 aromatic carbocycles. The van der Waals surface area contributed by atoms with Crippen LogP contribution in [0.3, 0.4) is 0 Å². The van der Waals surface area contributed by atoms with Gasteiger partial charge in [0, 0.05) is 28.6 Å². The molecule has 1 aliphatic heterocycles. The number of pyridine rings is 1. The minimum Gasteiger partial charge on any atom is -0.377 e. The molecule has 2 aliphatic rings. The van der Waals surface area contributed by atoms with Gasteiger partial charge < -0.3 is 15.8 Å². The second-order valence-corrected chi connectivity index (χ2v) is 7.40. The summed E-state index contributed by atoms with van der Waals surface area (Å²) in [5, 5.41) is 2.87. The minimum absolute atomic E-state index is 0.0767. The Balaban J connectivity index is 1.83. The van der Waals surface area contributed by atoms with E-state index in [-0.39, 0.29) is 23.3 Å². The highest BCUT2D eigenvalue weighted by molar-refractivity contribution is 9.10. The van der Waals surface area contributed by atoms with Crippen LogP contribution in [-0.4, -0.2) is 29.1 Å². The number of ether oxygens (including phenoxy) is 1. The number of nitrogens with one attached hydrogen (secondary N) is 1. The van der Waals surface area contributed by atoms with Crippen LogP contribution in [0.25, 0.3) is 0 Å². The first-order valence-corrected chi connectivity index (χ1v) is 7.92. The molecule has 3 atom stereocenters. The number of nitrogens with zero attached hydrogens (tertiary/aromatic N) is 1. The zero-order chi connectivity index (χ0) is 15.4. The van der Waals surface area contributed by atoms with Crippen molar-refractivity contribution in [2.24, 2.45) is 17.1 Å². The van der Waals surface area contributed by atoms with Crippen LogP contribution in [0.1, 0.15) is 25.8 Å². The fourth-order valence-electron chi connectivity index (χ4n) is 3.67. The molecule has 3 N–H and O–H groups in total. The van der Waals surface area contributed by atoms with Crippen molar-refractivity contribution in [3.63, 3.8) is 0 Å². The van der Waals surface area contributed by atoms with Gasteiger partial charge in [-0.3, -0.25) is 4.79 Å². The molecule has 3 rings (SSSR count). The summed E-state index contributed by atoms with van der Waals surface area (Å²) in [5.74, 6) is 0.446. The van der Waals surface area contributed by atoms with Crippen LogP contribution < -0.4 is 11.1 Å². The second kappa shape index (κ2) is 4.76. The lowest BCUT2D eigenvalue weighted by atomic mass is 9.48. The van der Waals surface area contributed by atoms with Crippen LogP contribution in [0.5, 0.6) is 0 Å². The lowest BCUT2D eigenvalue weighted by Crippen LogP contribution is -2.79. The summed E-state index contributed by atoms with van der Waals surface area (Å²) in [6, 6.07) is 1.83. The van der Waals surface area contributed by atoms with Gasteiger partial charge in [0.25, 0.3) is 0 Å². The van der Waals surface area contributed by atoms with Gasteiger partial charge in [0.15, 0.2) is 0 Å². The van der Waals surface area contributed by atoms with Gasteiger partial charge in [-0.25, -0.2) is 4.98 Å². The van der Waals surface area contributed by atoms with E-state index in [0.29, 0.717) is 12.4 Å². The lowest BCUT2D eigenvalue weighted by molar-refractivity contribution is -0.170. The quantitative estimate of drug-likeness (QED) is 0.854. The van der Waals surface area contributed by atoms with Crippen LogP contribution in [0.2, 0.25) is 0 Å². The molecule has 6 heteroatoms. The fourth-order valence-corrected chi connectivity index (χ4v) is 3.89. The van der Waals surface area contributed by atoms with Gasteiger partial charge in [-0.05, 0) is 40.9 Å². The maximum atomic E-state index is 12.7. The first-order valence-electron chi connectivity index (χ1n) is 7.12. The van der Waals surface area contributed by atoms with Crippen molar-refractivity contribution in [1.82, 2.24) is 4.98 Å². The summed E-state index contributed by atoms with van der Waals surface area (Å²) in [6.45, 7) is 6.63. The molecule has 1 amide bonds. The number of amides is 1. The number of rotatable bonds is 2. The third kappa shape index (κ3) is 1.96. The summed E-state index contributed by atoms with van der Waals surface area (Å²) in [6.07, 6.45) is 2.60. The minimum atomic E-state index is -0.906. The Labute approximate surface area is 132 Å². The maximum absolute atomic E-state index is 12.7. The number of carbonyl (C=O) groups excluding carboxylic acids is 1. The zero-order valence-electron chi connectivity index (χ0n) is 12.4. The number of halogens is 1. The van der Waals surface area contributed by atoms with E-state index in [1.807, 2.05) is 26.8 Å². The Kier molecular flexibility index (Phi) is 3.39. The number of carbonyl (C=O) groups is 1. The molecule has 3 unspecified atom stereocenters. The average molecular weight is 354 g/mol. The third-order valence-electron chi connectivity index (χ3n) is 5.12. The predicted octanol–water partition coefficient (Wildman–Crippen LogP) is 2.23. The van der Waals surface area contributed by atoms with E-state index < -0.39 is 5.54 Å². The summed E-state index contributed by atoms with van der Waals surface area (Å²) in [4.78, 5) is 16.9. The first kappa shape index (κ1) is 14.9. The molecule has 1 saturated carbocycles. The Hall–Kier alpha value is -0.980. The van der Waals surface area contributed by atoms with Gasteiger partial charge in [-0.1, -0.05) is 13.8 Å². The molecule has 1 aliphatic carbocycles. The van der Waals surface area contributed by atoms with Crippen molar-refractivity contribution in [1.29, 1.82) is 0 Å². The Morgan fingerprint density at radius 2 is 2.29 bits per heavy atom. The number of aryl methyl sites for hydroxylation is 1. The molecule has 1 aromatic heterocycles. The Bertz CT molecular complexity index is 605. The topological polar surface area (TPSA) is 77.2 Å². The number of anilines is 1. The van der Waals surface area contributed by atoms with E-state index in [2.05, 4.69) is 26.2 Å². The van der Waals surface area contributed by atoms with Crippen molar-refractivity contribution in [2.45, 2.75) is 38.8 Å². The molecular weight excluding hydrogens is 334 g/mol. The number of nitrogens with two attached hydrogens (primary N) is 1. The Morgan fingerprint density at radius 3 is 2.95 bits per heavy atom. The second-order valence-electron chi connectivity index (χ2n) is 6.55. The van der Waals surface area contributed by atoms with Gasteiger partial charge in [0.05, 0.1) is 6.10 Å². The molecule has 2 heterocycles. The monoisotopic (exact) mass is 353 g/mol. The molecule has 0 bridgehead atoms. The molecule has 0 spiro atoms. The fraction of sp³-hybridized carbons (Fsp3) is 0.600. The molecular formula is C15H20BrN3O2. The van der Waals surface area contributed by atoms with Crippen molar-refractivity contribution >= 4 is 27.7 Å². The zero-order valence-corrected chi connectivity index (χ0v) is 14.0. The summed E-state index contributed by atoms with van der Waals surface area (Å²) in [5.41, 5.74) is 6.23. The van der Waals surface area contributed by atoms with Crippen LogP contribution >= 0.6 is 15.9 Å². The predicted molar refractivity (Wildman–Crippen MR) is 83.9 cm³/mol. The van der Waals surface area contributed by atoms with Gasteiger partial charge in [-0.2, -0.15) is 0 Å². The van der Waals surface area contributed by atoms with Gasteiger partial charge >= 0.3 is 0 Å². The molecule has 114 valence electrons. The normalized spacial score (nSPS) is 33.2. The maximum Gasteiger partial charge on any atom is 0.246 e. The summed E-state index contributed by atoms with van der Waals surface area (Å²) >= 11 is 3.40. The van der Waals surface area contributed by atoms with Crippen molar-refractivity contribution in [3.05, 3.63) is 22.3 Å². The number of fused-ring (bicyclic) bond motifs is 1. The highest BCUT2D eigenvalue weighted by Crippen LogP contribution is 2.58.